The third-order valence-corrected chi connectivity index (χ3v) is 5.50. The van der Waals surface area contributed by atoms with E-state index in [1.807, 2.05) is 17.2 Å². The van der Waals surface area contributed by atoms with Gasteiger partial charge in [-0.2, -0.15) is 0 Å². The first-order valence-corrected chi connectivity index (χ1v) is 10.0. The molecular formula is C24H27N3O. The summed E-state index contributed by atoms with van der Waals surface area (Å²) in [6, 6.07) is 12.5. The van der Waals surface area contributed by atoms with Crippen molar-refractivity contribution in [3.8, 4) is 11.3 Å². The first kappa shape index (κ1) is 18.5. The van der Waals surface area contributed by atoms with Crippen molar-refractivity contribution in [2.45, 2.75) is 33.6 Å². The zero-order chi connectivity index (χ0) is 19.7. The fraction of sp³-hybridized carbons (Fsp3) is 0.333. The minimum absolute atomic E-state index is 0.0865. The Labute approximate surface area is 166 Å². The van der Waals surface area contributed by atoms with E-state index in [9.17, 15) is 4.79 Å². The molecule has 0 aliphatic carbocycles. The summed E-state index contributed by atoms with van der Waals surface area (Å²) < 4.78 is 2.06. The molecule has 2 aromatic heterocycles. The number of hydrogen-bond donors (Lipinski definition) is 0. The van der Waals surface area contributed by atoms with E-state index in [1.54, 1.807) is 6.08 Å². The van der Waals surface area contributed by atoms with Crippen LogP contribution in [0.1, 0.15) is 36.6 Å². The van der Waals surface area contributed by atoms with Crippen molar-refractivity contribution < 1.29 is 4.79 Å². The number of fused-ring (bicyclic) bond motifs is 1. The Kier molecular flexibility index (Phi) is 5.03. The molecule has 1 amide bonds. The maximum atomic E-state index is 12.7. The van der Waals surface area contributed by atoms with Gasteiger partial charge in [-0.1, -0.05) is 36.8 Å². The molecule has 4 nitrogen and oxygen atoms in total. The predicted molar refractivity (Wildman–Crippen MR) is 114 cm³/mol. The number of hydrogen-bond acceptors (Lipinski definition) is 2. The number of rotatable bonds is 3. The summed E-state index contributed by atoms with van der Waals surface area (Å²) in [7, 11) is 0. The van der Waals surface area contributed by atoms with Crippen molar-refractivity contribution in [2.24, 2.45) is 5.92 Å². The van der Waals surface area contributed by atoms with Gasteiger partial charge in [-0.15, -0.1) is 0 Å². The van der Waals surface area contributed by atoms with E-state index in [0.29, 0.717) is 5.92 Å². The Morgan fingerprint density at radius 1 is 1.14 bits per heavy atom. The van der Waals surface area contributed by atoms with Gasteiger partial charge in [0.2, 0.25) is 5.91 Å². The number of aryl methyl sites for hydroxylation is 2. The molecule has 1 atom stereocenters. The van der Waals surface area contributed by atoms with Crippen LogP contribution in [0.3, 0.4) is 0 Å². The molecule has 1 fully saturated rings. The van der Waals surface area contributed by atoms with E-state index in [2.05, 4.69) is 61.6 Å². The van der Waals surface area contributed by atoms with Gasteiger partial charge in [-0.3, -0.25) is 9.20 Å². The van der Waals surface area contributed by atoms with Crippen molar-refractivity contribution in [1.29, 1.82) is 0 Å². The lowest BCUT2D eigenvalue weighted by Gasteiger charge is -2.30. The summed E-state index contributed by atoms with van der Waals surface area (Å²) in [6.45, 7) is 8.06. The van der Waals surface area contributed by atoms with Crippen LogP contribution in [0, 0.1) is 19.8 Å². The number of nitrogens with zero attached hydrogens (tertiary/aromatic N) is 3. The standard InChI is InChI=1S/C24H27N3O/c1-17-6-8-20(9-7-17)24-21(27-14-12-18(2)15-22(27)25-24)10-11-23(28)26-13-4-5-19(3)16-26/h6-12,14-15,19H,4-5,13,16H2,1-3H3/b11-10+. The van der Waals surface area contributed by atoms with E-state index >= 15 is 0 Å². The molecule has 1 aliphatic heterocycles. The van der Waals surface area contributed by atoms with Gasteiger partial charge in [0.05, 0.1) is 11.4 Å². The quantitative estimate of drug-likeness (QED) is 0.613. The van der Waals surface area contributed by atoms with Crippen LogP contribution in [0.25, 0.3) is 23.0 Å². The number of carbonyl (C=O) groups is 1. The highest BCUT2D eigenvalue weighted by molar-refractivity contribution is 5.93. The topological polar surface area (TPSA) is 37.6 Å². The molecule has 1 saturated heterocycles. The van der Waals surface area contributed by atoms with Gasteiger partial charge in [0.25, 0.3) is 0 Å². The molecule has 28 heavy (non-hydrogen) atoms. The molecule has 1 unspecified atom stereocenters. The summed E-state index contributed by atoms with van der Waals surface area (Å²) in [4.78, 5) is 19.6. The van der Waals surface area contributed by atoms with Gasteiger partial charge in [-0.25, -0.2) is 4.98 Å². The van der Waals surface area contributed by atoms with Crippen molar-refractivity contribution in [1.82, 2.24) is 14.3 Å². The number of aromatic nitrogens is 2. The van der Waals surface area contributed by atoms with Crippen molar-refractivity contribution >= 4 is 17.6 Å². The third-order valence-electron chi connectivity index (χ3n) is 5.50. The van der Waals surface area contributed by atoms with Gasteiger partial charge < -0.3 is 4.90 Å². The molecule has 0 saturated carbocycles. The highest BCUT2D eigenvalue weighted by Gasteiger charge is 2.19. The van der Waals surface area contributed by atoms with Crippen LogP contribution in [0.5, 0.6) is 0 Å². The maximum absolute atomic E-state index is 12.7. The zero-order valence-electron chi connectivity index (χ0n) is 16.9. The van der Waals surface area contributed by atoms with E-state index < -0.39 is 0 Å². The summed E-state index contributed by atoms with van der Waals surface area (Å²) in [6.07, 6.45) is 7.95. The largest absolute Gasteiger partial charge is 0.339 e. The second-order valence-corrected chi connectivity index (χ2v) is 8.01. The van der Waals surface area contributed by atoms with Crippen molar-refractivity contribution in [3.05, 3.63) is 65.5 Å². The van der Waals surface area contributed by atoms with Gasteiger partial charge >= 0.3 is 0 Å². The van der Waals surface area contributed by atoms with Crippen LogP contribution >= 0.6 is 0 Å². The Morgan fingerprint density at radius 2 is 1.93 bits per heavy atom. The molecule has 0 radical (unpaired) electrons. The fourth-order valence-corrected chi connectivity index (χ4v) is 3.89. The lowest BCUT2D eigenvalue weighted by atomic mass is 10.0. The van der Waals surface area contributed by atoms with Gasteiger partial charge in [0, 0.05) is 30.9 Å². The predicted octanol–water partition coefficient (Wildman–Crippen LogP) is 4.89. The molecule has 1 aliphatic rings. The first-order valence-electron chi connectivity index (χ1n) is 10.0. The number of piperidine rings is 1. The number of imidazole rings is 1. The molecule has 0 bridgehead atoms. The molecular weight excluding hydrogens is 346 g/mol. The normalized spacial score (nSPS) is 17.5. The highest BCUT2D eigenvalue weighted by atomic mass is 16.2. The minimum atomic E-state index is 0.0865. The minimum Gasteiger partial charge on any atom is -0.339 e. The molecule has 0 spiro atoms. The van der Waals surface area contributed by atoms with Crippen LogP contribution in [-0.2, 0) is 4.79 Å². The van der Waals surface area contributed by atoms with Crippen LogP contribution in [0.2, 0.25) is 0 Å². The summed E-state index contributed by atoms with van der Waals surface area (Å²) in [5, 5.41) is 0. The Balaban J connectivity index is 1.73. The van der Waals surface area contributed by atoms with Gasteiger partial charge in [0.1, 0.15) is 5.65 Å². The van der Waals surface area contributed by atoms with Gasteiger partial charge in [0.15, 0.2) is 0 Å². The van der Waals surface area contributed by atoms with E-state index in [1.165, 1.54) is 17.5 Å². The summed E-state index contributed by atoms with van der Waals surface area (Å²) in [5.74, 6) is 0.663. The van der Waals surface area contributed by atoms with Crippen LogP contribution < -0.4 is 0 Å². The smallest absolute Gasteiger partial charge is 0.246 e. The average Bonchev–Trinajstić information content (AvgIpc) is 3.04. The Morgan fingerprint density at radius 3 is 2.68 bits per heavy atom. The summed E-state index contributed by atoms with van der Waals surface area (Å²) >= 11 is 0. The van der Waals surface area contributed by atoms with Gasteiger partial charge in [-0.05, 0) is 56.4 Å². The third kappa shape index (κ3) is 3.72. The first-order chi connectivity index (χ1) is 13.5. The molecule has 4 heteroatoms. The zero-order valence-corrected chi connectivity index (χ0v) is 16.9. The molecule has 1 aromatic carbocycles. The lowest BCUT2D eigenvalue weighted by molar-refractivity contribution is -0.127. The van der Waals surface area contributed by atoms with Crippen molar-refractivity contribution in [3.63, 3.8) is 0 Å². The Bertz CT molecular complexity index is 1030. The number of pyridine rings is 1. The highest BCUT2D eigenvalue weighted by Crippen LogP contribution is 2.26. The maximum Gasteiger partial charge on any atom is 0.246 e. The lowest BCUT2D eigenvalue weighted by Crippen LogP contribution is -2.38. The summed E-state index contributed by atoms with van der Waals surface area (Å²) in [5.41, 5.74) is 6.19. The van der Waals surface area contributed by atoms with E-state index in [4.69, 9.17) is 4.98 Å². The van der Waals surface area contributed by atoms with Crippen LogP contribution in [0.15, 0.2) is 48.7 Å². The van der Waals surface area contributed by atoms with E-state index in [-0.39, 0.29) is 5.91 Å². The molecule has 3 aromatic rings. The SMILES string of the molecule is Cc1ccc(-c2nc3cc(C)ccn3c2/C=C/C(=O)N2CCCC(C)C2)cc1. The number of carbonyl (C=O) groups excluding carboxylic acids is 1. The number of amides is 1. The second-order valence-electron chi connectivity index (χ2n) is 8.01. The second kappa shape index (κ2) is 7.63. The fourth-order valence-electron chi connectivity index (χ4n) is 3.89. The molecule has 0 N–H and O–H groups in total. The van der Waals surface area contributed by atoms with Crippen LogP contribution in [0.4, 0.5) is 0 Å². The molecule has 144 valence electrons. The molecule has 3 heterocycles. The monoisotopic (exact) mass is 373 g/mol. The average molecular weight is 374 g/mol. The van der Waals surface area contributed by atoms with Crippen LogP contribution in [-0.4, -0.2) is 33.3 Å². The van der Waals surface area contributed by atoms with Crippen molar-refractivity contribution in [2.75, 3.05) is 13.1 Å². The van der Waals surface area contributed by atoms with E-state index in [0.717, 1.165) is 42.1 Å². The number of benzene rings is 1. The number of likely N-dealkylation sites (tertiary alicyclic amines) is 1. The Hall–Kier alpha value is -2.88. The molecule has 4 rings (SSSR count).